The summed E-state index contributed by atoms with van der Waals surface area (Å²) in [5.74, 6) is -0.447. The third-order valence-electron chi connectivity index (χ3n) is 3.99. The van der Waals surface area contributed by atoms with Gasteiger partial charge in [-0.1, -0.05) is 48.3 Å². The zero-order chi connectivity index (χ0) is 20.1. The van der Waals surface area contributed by atoms with E-state index in [9.17, 15) is 17.9 Å². The Morgan fingerprint density at radius 3 is 2.61 bits per heavy atom. The summed E-state index contributed by atoms with van der Waals surface area (Å²) in [5, 5.41) is 4.16. The van der Waals surface area contributed by atoms with E-state index in [2.05, 4.69) is 5.10 Å². The van der Waals surface area contributed by atoms with E-state index in [4.69, 9.17) is 4.74 Å². The first-order chi connectivity index (χ1) is 13.5. The number of benzene rings is 2. The Morgan fingerprint density at radius 1 is 1.21 bits per heavy atom. The maximum atomic E-state index is 13.5. The molecular weight excluding hydrogens is 383 g/mol. The van der Waals surface area contributed by atoms with Crippen LogP contribution >= 0.6 is 0 Å². The molecule has 0 aliphatic rings. The fraction of sp³-hybridized carbons (Fsp3) is 0.200. The van der Waals surface area contributed by atoms with Gasteiger partial charge < -0.3 is 9.29 Å². The number of ether oxygens (including phenoxy) is 1. The van der Waals surface area contributed by atoms with Crippen LogP contribution < -0.4 is 10.3 Å². The zero-order valence-electron chi connectivity index (χ0n) is 15.1. The van der Waals surface area contributed by atoms with E-state index >= 15 is 0 Å². The first kappa shape index (κ1) is 19.9. The molecule has 28 heavy (non-hydrogen) atoms. The van der Waals surface area contributed by atoms with Gasteiger partial charge in [-0.05, 0) is 35.7 Å². The van der Waals surface area contributed by atoms with Crippen molar-refractivity contribution in [3.63, 3.8) is 0 Å². The molecule has 3 aromatic rings. The van der Waals surface area contributed by atoms with Crippen LogP contribution in [0.2, 0.25) is 0 Å². The Kier molecular flexibility index (Phi) is 6.33. The van der Waals surface area contributed by atoms with Crippen molar-refractivity contribution >= 4 is 11.1 Å². The average Bonchev–Trinajstić information content (AvgIpc) is 2.67. The van der Waals surface area contributed by atoms with E-state index in [1.165, 1.54) is 24.4 Å². The fourth-order valence-corrected chi connectivity index (χ4v) is 3.16. The van der Waals surface area contributed by atoms with Crippen LogP contribution in [0.15, 0.2) is 59.5 Å². The lowest BCUT2D eigenvalue weighted by Crippen LogP contribution is -2.24. The van der Waals surface area contributed by atoms with E-state index in [1.54, 1.807) is 30.3 Å². The van der Waals surface area contributed by atoms with Crippen molar-refractivity contribution in [1.29, 1.82) is 0 Å². The molecule has 0 aliphatic carbocycles. The Morgan fingerprint density at radius 2 is 1.96 bits per heavy atom. The molecule has 0 bridgehead atoms. The second-order valence-electron chi connectivity index (χ2n) is 6.08. The number of rotatable bonds is 7. The molecule has 2 aromatic carbocycles. The number of hydrogen-bond acceptors (Lipinski definition) is 5. The SMILES string of the molecule is CCCOc1c(-c2ccc(CS(=O)[O-])cc2)cnn(-c2cccc(F)c2)c1=O. The molecule has 6 nitrogen and oxygen atoms in total. The molecule has 8 heteroatoms. The van der Waals surface area contributed by atoms with Crippen LogP contribution in [0, 0.1) is 5.82 Å². The molecule has 0 spiro atoms. The van der Waals surface area contributed by atoms with Crippen LogP contribution in [0.5, 0.6) is 5.75 Å². The van der Waals surface area contributed by atoms with Crippen molar-refractivity contribution in [2.75, 3.05) is 6.61 Å². The van der Waals surface area contributed by atoms with Crippen LogP contribution in [-0.4, -0.2) is 25.1 Å². The predicted octanol–water partition coefficient (Wildman–Crippen LogP) is 3.21. The van der Waals surface area contributed by atoms with Crippen LogP contribution in [0.1, 0.15) is 18.9 Å². The summed E-state index contributed by atoms with van der Waals surface area (Å²) in [5.41, 5.74) is 1.59. The molecule has 0 N–H and O–H groups in total. The molecule has 0 aliphatic heterocycles. The van der Waals surface area contributed by atoms with Crippen molar-refractivity contribution in [2.24, 2.45) is 0 Å². The zero-order valence-corrected chi connectivity index (χ0v) is 15.9. The maximum absolute atomic E-state index is 13.5. The van der Waals surface area contributed by atoms with Gasteiger partial charge >= 0.3 is 5.56 Å². The lowest BCUT2D eigenvalue weighted by Gasteiger charge is -2.13. The van der Waals surface area contributed by atoms with Gasteiger partial charge in [0.2, 0.25) is 0 Å². The molecule has 1 unspecified atom stereocenters. The lowest BCUT2D eigenvalue weighted by molar-refractivity contribution is 0.312. The summed E-state index contributed by atoms with van der Waals surface area (Å²) >= 11 is -2.18. The largest absolute Gasteiger partial charge is 0.772 e. The molecule has 0 radical (unpaired) electrons. The summed E-state index contributed by atoms with van der Waals surface area (Å²) in [7, 11) is 0. The van der Waals surface area contributed by atoms with Gasteiger partial charge in [-0.3, -0.25) is 9.00 Å². The van der Waals surface area contributed by atoms with Gasteiger partial charge in [-0.15, -0.1) is 0 Å². The summed E-state index contributed by atoms with van der Waals surface area (Å²) in [4.78, 5) is 13.0. The fourth-order valence-electron chi connectivity index (χ4n) is 2.70. The Balaban J connectivity index is 2.07. The van der Waals surface area contributed by atoms with Crippen LogP contribution in [0.4, 0.5) is 4.39 Å². The molecule has 0 amide bonds. The van der Waals surface area contributed by atoms with E-state index < -0.39 is 22.5 Å². The van der Waals surface area contributed by atoms with E-state index in [0.717, 1.165) is 4.68 Å². The van der Waals surface area contributed by atoms with Crippen molar-refractivity contribution < 1.29 is 17.9 Å². The number of hydrogen-bond donors (Lipinski definition) is 0. The van der Waals surface area contributed by atoms with Crippen molar-refractivity contribution in [3.8, 4) is 22.6 Å². The van der Waals surface area contributed by atoms with E-state index in [0.29, 0.717) is 35.4 Å². The summed E-state index contributed by atoms with van der Waals surface area (Å²) in [6.45, 7) is 2.26. The van der Waals surface area contributed by atoms with Gasteiger partial charge in [0.25, 0.3) is 0 Å². The maximum Gasteiger partial charge on any atom is 0.314 e. The minimum absolute atomic E-state index is 0.0844. The standard InChI is InChI=1S/C20H19FN2O4S/c1-2-10-27-19-18(15-8-6-14(7-9-15)13-28(25)26)12-22-23(20(19)24)17-5-3-4-16(21)11-17/h3-9,11-12H,2,10,13H2,1H3,(H,25,26)/p-1. The highest BCUT2D eigenvalue weighted by Crippen LogP contribution is 2.27. The van der Waals surface area contributed by atoms with E-state index in [1.807, 2.05) is 6.92 Å². The minimum Gasteiger partial charge on any atom is -0.772 e. The van der Waals surface area contributed by atoms with Crippen LogP contribution in [0.3, 0.4) is 0 Å². The highest BCUT2D eigenvalue weighted by molar-refractivity contribution is 7.78. The number of aromatic nitrogens is 2. The third kappa shape index (κ3) is 4.52. The third-order valence-corrected chi connectivity index (χ3v) is 4.56. The first-order valence-electron chi connectivity index (χ1n) is 8.66. The van der Waals surface area contributed by atoms with Crippen molar-refractivity contribution in [3.05, 3.63) is 76.5 Å². The first-order valence-corrected chi connectivity index (χ1v) is 9.90. The van der Waals surface area contributed by atoms with Gasteiger partial charge in [0.15, 0.2) is 5.75 Å². The summed E-state index contributed by atoms with van der Waals surface area (Å²) in [6, 6.07) is 12.4. The number of nitrogens with zero attached hydrogens (tertiary/aromatic N) is 2. The monoisotopic (exact) mass is 401 g/mol. The normalized spacial score (nSPS) is 12.0. The highest BCUT2D eigenvalue weighted by Gasteiger charge is 2.16. The molecule has 3 rings (SSSR count). The van der Waals surface area contributed by atoms with Gasteiger partial charge in [-0.25, -0.2) is 4.39 Å². The molecule has 146 valence electrons. The van der Waals surface area contributed by atoms with Gasteiger partial charge in [0.1, 0.15) is 5.82 Å². The highest BCUT2D eigenvalue weighted by atomic mass is 32.2. The molecule has 0 saturated heterocycles. The Hall–Kier alpha value is -2.84. The molecule has 1 atom stereocenters. The molecular formula is C20H18FN2O4S-. The molecule has 1 aromatic heterocycles. The van der Waals surface area contributed by atoms with Gasteiger partial charge in [-0.2, -0.15) is 9.78 Å². The van der Waals surface area contributed by atoms with Crippen LogP contribution in [-0.2, 0) is 16.8 Å². The number of halogens is 1. The average molecular weight is 401 g/mol. The Bertz CT molecular complexity index is 1050. The van der Waals surface area contributed by atoms with E-state index in [-0.39, 0.29) is 11.5 Å². The second-order valence-corrected chi connectivity index (χ2v) is 6.97. The molecule has 0 saturated carbocycles. The van der Waals surface area contributed by atoms with Crippen molar-refractivity contribution in [2.45, 2.75) is 19.1 Å². The van der Waals surface area contributed by atoms with Crippen LogP contribution in [0.25, 0.3) is 16.8 Å². The minimum atomic E-state index is -2.18. The van der Waals surface area contributed by atoms with Gasteiger partial charge in [0.05, 0.1) is 18.5 Å². The second kappa shape index (κ2) is 8.90. The topological polar surface area (TPSA) is 84.2 Å². The quantitative estimate of drug-likeness (QED) is 0.568. The van der Waals surface area contributed by atoms with Gasteiger partial charge in [0, 0.05) is 11.3 Å². The molecule has 0 fully saturated rings. The summed E-state index contributed by atoms with van der Waals surface area (Å²) in [6.07, 6.45) is 2.19. The molecule has 1 heterocycles. The lowest BCUT2D eigenvalue weighted by atomic mass is 10.1. The predicted molar refractivity (Wildman–Crippen MR) is 104 cm³/mol. The van der Waals surface area contributed by atoms with Crippen molar-refractivity contribution in [1.82, 2.24) is 9.78 Å². The Labute approximate surface area is 163 Å². The summed E-state index contributed by atoms with van der Waals surface area (Å²) < 4.78 is 42.0. The smallest absolute Gasteiger partial charge is 0.314 e.